The van der Waals surface area contributed by atoms with Crippen molar-refractivity contribution in [2.45, 2.75) is 59.2 Å². The highest BCUT2D eigenvalue weighted by Gasteiger charge is 2.18. The van der Waals surface area contributed by atoms with Crippen LogP contribution in [0.3, 0.4) is 0 Å². The van der Waals surface area contributed by atoms with E-state index in [0.29, 0.717) is 6.54 Å². The van der Waals surface area contributed by atoms with Gasteiger partial charge in [0.1, 0.15) is 0 Å². The van der Waals surface area contributed by atoms with Crippen LogP contribution in [0, 0.1) is 20.8 Å². The molecule has 0 heterocycles. The van der Waals surface area contributed by atoms with Crippen LogP contribution < -0.4 is 11.1 Å². The molecule has 3 heteroatoms. The van der Waals surface area contributed by atoms with Gasteiger partial charge in [0.15, 0.2) is 0 Å². The molecule has 0 aromatic heterocycles. The van der Waals surface area contributed by atoms with E-state index in [2.05, 4.69) is 45.1 Å². The first-order valence-corrected chi connectivity index (χ1v) is 7.07. The molecule has 0 aliphatic rings. The summed E-state index contributed by atoms with van der Waals surface area (Å²) in [7, 11) is 0. The number of nitrogens with one attached hydrogen (secondary N) is 1. The number of aliphatic hydroxyl groups excluding tert-OH is 1. The van der Waals surface area contributed by atoms with E-state index in [-0.39, 0.29) is 18.2 Å². The molecule has 0 radical (unpaired) electrons. The van der Waals surface area contributed by atoms with Crippen LogP contribution >= 0.6 is 0 Å². The van der Waals surface area contributed by atoms with E-state index in [1.807, 2.05) is 6.92 Å². The van der Waals surface area contributed by atoms with Crippen LogP contribution in [0.1, 0.15) is 48.6 Å². The first kappa shape index (κ1) is 16.2. The molecule has 0 aliphatic carbocycles. The zero-order chi connectivity index (χ0) is 14.6. The Labute approximate surface area is 117 Å². The summed E-state index contributed by atoms with van der Waals surface area (Å²) >= 11 is 0. The number of hydrogen-bond donors (Lipinski definition) is 3. The van der Waals surface area contributed by atoms with Crippen LogP contribution in [0.2, 0.25) is 0 Å². The highest BCUT2D eigenvalue weighted by Crippen LogP contribution is 2.23. The maximum atomic E-state index is 9.45. The molecule has 0 spiro atoms. The summed E-state index contributed by atoms with van der Waals surface area (Å²) in [6.07, 6.45) is 0.446. The Hall–Kier alpha value is -0.900. The highest BCUT2D eigenvalue weighted by molar-refractivity contribution is 5.39. The van der Waals surface area contributed by atoms with E-state index >= 15 is 0 Å². The Morgan fingerprint density at radius 1 is 1.16 bits per heavy atom. The Kier molecular flexibility index (Phi) is 5.98. The van der Waals surface area contributed by atoms with Crippen molar-refractivity contribution in [1.82, 2.24) is 5.32 Å². The highest BCUT2D eigenvalue weighted by atomic mass is 16.3. The van der Waals surface area contributed by atoms with E-state index in [9.17, 15) is 5.11 Å². The largest absolute Gasteiger partial charge is 0.393 e. The molecule has 0 aliphatic heterocycles. The molecule has 19 heavy (non-hydrogen) atoms. The van der Waals surface area contributed by atoms with Crippen LogP contribution in [0.4, 0.5) is 0 Å². The minimum Gasteiger partial charge on any atom is -0.393 e. The minimum atomic E-state index is -0.291. The Balaban J connectivity index is 2.91. The summed E-state index contributed by atoms with van der Waals surface area (Å²) in [4.78, 5) is 0. The third-order valence-electron chi connectivity index (χ3n) is 3.50. The lowest BCUT2D eigenvalue weighted by molar-refractivity contribution is 0.168. The van der Waals surface area contributed by atoms with E-state index < -0.39 is 0 Å². The Bertz CT molecular complexity index is 392. The quantitative estimate of drug-likeness (QED) is 0.739. The predicted molar refractivity (Wildman–Crippen MR) is 81.3 cm³/mol. The third kappa shape index (κ3) is 4.60. The molecule has 3 unspecified atom stereocenters. The smallest absolute Gasteiger partial charge is 0.0526 e. The number of hydrogen-bond acceptors (Lipinski definition) is 3. The number of nitrogens with two attached hydrogens (primary N) is 1. The number of aryl methyl sites for hydroxylation is 3. The second-order valence-electron chi connectivity index (χ2n) is 5.75. The van der Waals surface area contributed by atoms with Crippen LogP contribution in [0.5, 0.6) is 0 Å². The van der Waals surface area contributed by atoms with Gasteiger partial charge in [-0.15, -0.1) is 0 Å². The van der Waals surface area contributed by atoms with Crippen LogP contribution in [-0.2, 0) is 0 Å². The monoisotopic (exact) mass is 264 g/mol. The summed E-state index contributed by atoms with van der Waals surface area (Å²) in [5.74, 6) is 0. The minimum absolute atomic E-state index is 0.148. The molecule has 0 amide bonds. The van der Waals surface area contributed by atoms with Crippen molar-refractivity contribution in [3.8, 4) is 0 Å². The Morgan fingerprint density at radius 2 is 1.68 bits per heavy atom. The first-order valence-electron chi connectivity index (χ1n) is 7.07. The lowest BCUT2D eigenvalue weighted by atomic mass is 9.93. The molecule has 4 N–H and O–H groups in total. The van der Waals surface area contributed by atoms with Crippen LogP contribution in [0.15, 0.2) is 12.1 Å². The number of aliphatic hydroxyl groups is 1. The third-order valence-corrected chi connectivity index (χ3v) is 3.50. The molecule has 3 atom stereocenters. The van der Waals surface area contributed by atoms with Gasteiger partial charge in [-0.25, -0.2) is 0 Å². The van der Waals surface area contributed by atoms with Crippen LogP contribution in [-0.4, -0.2) is 23.8 Å². The number of rotatable bonds is 6. The normalized spacial score (nSPS) is 16.2. The van der Waals surface area contributed by atoms with Gasteiger partial charge < -0.3 is 16.2 Å². The van der Waals surface area contributed by atoms with Gasteiger partial charge in [0.25, 0.3) is 0 Å². The van der Waals surface area contributed by atoms with Gasteiger partial charge in [0, 0.05) is 18.6 Å². The van der Waals surface area contributed by atoms with Crippen molar-refractivity contribution < 1.29 is 5.11 Å². The molecular formula is C16H28N2O. The molecule has 1 aromatic carbocycles. The van der Waals surface area contributed by atoms with Gasteiger partial charge in [-0.05, 0) is 57.7 Å². The second kappa shape index (κ2) is 7.04. The molecular weight excluding hydrogens is 236 g/mol. The van der Waals surface area contributed by atoms with Crippen molar-refractivity contribution in [3.63, 3.8) is 0 Å². The Morgan fingerprint density at radius 3 is 2.11 bits per heavy atom. The van der Waals surface area contributed by atoms with Gasteiger partial charge >= 0.3 is 0 Å². The summed E-state index contributed by atoms with van der Waals surface area (Å²) in [6.45, 7) is 10.9. The molecule has 0 bridgehead atoms. The fraction of sp³-hybridized carbons (Fsp3) is 0.625. The summed E-state index contributed by atoms with van der Waals surface area (Å²) in [5, 5.41) is 13.0. The average Bonchev–Trinajstić information content (AvgIpc) is 2.24. The summed E-state index contributed by atoms with van der Waals surface area (Å²) in [6, 6.07) is 4.79. The average molecular weight is 264 g/mol. The van der Waals surface area contributed by atoms with Gasteiger partial charge in [-0.1, -0.05) is 17.7 Å². The van der Waals surface area contributed by atoms with Gasteiger partial charge in [-0.2, -0.15) is 0 Å². The summed E-state index contributed by atoms with van der Waals surface area (Å²) in [5.41, 5.74) is 11.1. The lowest BCUT2D eigenvalue weighted by Gasteiger charge is -2.26. The second-order valence-corrected chi connectivity index (χ2v) is 5.75. The predicted octanol–water partition coefficient (Wildman–Crippen LogP) is 2.36. The van der Waals surface area contributed by atoms with Crippen molar-refractivity contribution in [2.24, 2.45) is 5.73 Å². The first-order chi connectivity index (χ1) is 8.85. The molecule has 0 saturated carbocycles. The zero-order valence-electron chi connectivity index (χ0n) is 12.8. The van der Waals surface area contributed by atoms with Crippen molar-refractivity contribution in [3.05, 3.63) is 34.4 Å². The molecule has 1 aromatic rings. The van der Waals surface area contributed by atoms with Crippen molar-refractivity contribution in [2.75, 3.05) is 6.54 Å². The maximum Gasteiger partial charge on any atom is 0.0526 e. The number of benzene rings is 1. The fourth-order valence-corrected chi connectivity index (χ4v) is 2.93. The van der Waals surface area contributed by atoms with Crippen molar-refractivity contribution in [1.29, 1.82) is 0 Å². The topological polar surface area (TPSA) is 58.3 Å². The SMILES string of the molecule is Cc1cc(C)c(C(CN)NC(C)CC(C)O)c(C)c1. The molecule has 3 nitrogen and oxygen atoms in total. The van der Waals surface area contributed by atoms with Gasteiger partial charge in [-0.3, -0.25) is 0 Å². The molecule has 108 valence electrons. The standard InChI is InChI=1S/C16H28N2O/c1-10-6-11(2)16(12(3)7-10)15(9-17)18-13(4)8-14(5)19/h6-7,13-15,18-19H,8-9,17H2,1-5H3. The maximum absolute atomic E-state index is 9.45. The lowest BCUT2D eigenvalue weighted by Crippen LogP contribution is -2.37. The molecule has 0 fully saturated rings. The molecule has 1 rings (SSSR count). The van der Waals surface area contributed by atoms with Gasteiger partial charge in [0.2, 0.25) is 0 Å². The van der Waals surface area contributed by atoms with Gasteiger partial charge in [0.05, 0.1) is 6.10 Å². The fourth-order valence-electron chi connectivity index (χ4n) is 2.93. The van der Waals surface area contributed by atoms with E-state index in [1.165, 1.54) is 22.3 Å². The molecule has 0 saturated heterocycles. The van der Waals surface area contributed by atoms with E-state index in [4.69, 9.17) is 5.73 Å². The van der Waals surface area contributed by atoms with Crippen molar-refractivity contribution >= 4 is 0 Å². The summed E-state index contributed by atoms with van der Waals surface area (Å²) < 4.78 is 0. The van der Waals surface area contributed by atoms with E-state index in [1.54, 1.807) is 0 Å². The van der Waals surface area contributed by atoms with Crippen LogP contribution in [0.25, 0.3) is 0 Å². The zero-order valence-corrected chi connectivity index (χ0v) is 12.8. The van der Waals surface area contributed by atoms with E-state index in [0.717, 1.165) is 6.42 Å².